The lowest BCUT2D eigenvalue weighted by molar-refractivity contribution is 0.670. The average molecular weight is 803 g/mol. The van der Waals surface area contributed by atoms with Gasteiger partial charge in [0, 0.05) is 32.8 Å². The van der Waals surface area contributed by atoms with Crippen molar-refractivity contribution in [2.75, 3.05) is 4.90 Å². The molecule has 0 fully saturated rings. The van der Waals surface area contributed by atoms with Crippen molar-refractivity contribution < 1.29 is 4.42 Å². The molecule has 3 nitrogen and oxygen atoms in total. The molecule has 63 heavy (non-hydrogen) atoms. The third-order valence-electron chi connectivity index (χ3n) is 13.0. The van der Waals surface area contributed by atoms with Crippen LogP contribution in [0.2, 0.25) is 0 Å². The van der Waals surface area contributed by atoms with Gasteiger partial charge in [-0.05, 0) is 98.2 Å². The van der Waals surface area contributed by atoms with Gasteiger partial charge in [0.25, 0.3) is 0 Å². The quantitative estimate of drug-likeness (QED) is 0.167. The first-order chi connectivity index (χ1) is 31.3. The summed E-state index contributed by atoms with van der Waals surface area (Å²) in [6.45, 7) is 0. The molecule has 0 aliphatic rings. The Balaban J connectivity index is 1.12. The first kappa shape index (κ1) is 35.4. The van der Waals surface area contributed by atoms with Crippen molar-refractivity contribution in [2.24, 2.45) is 0 Å². The number of anilines is 3. The van der Waals surface area contributed by atoms with Gasteiger partial charge in [0.15, 0.2) is 0 Å². The Morgan fingerprint density at radius 2 is 0.873 bits per heavy atom. The fourth-order valence-electron chi connectivity index (χ4n) is 10.2. The molecule has 0 unspecified atom stereocenters. The highest BCUT2D eigenvalue weighted by Gasteiger charge is 2.26. The Bertz CT molecular complexity index is 3900. The monoisotopic (exact) mass is 802 g/mol. The molecule has 0 saturated carbocycles. The normalized spacial score (nSPS) is 11.8. The lowest BCUT2D eigenvalue weighted by atomic mass is 9.95. The summed E-state index contributed by atoms with van der Waals surface area (Å²) in [5, 5.41) is 11.8. The molecule has 13 rings (SSSR count). The topological polar surface area (TPSA) is 21.3 Å². The molecular weight excluding hydrogens is 765 g/mol. The van der Waals surface area contributed by atoms with Gasteiger partial charge in [-0.2, -0.15) is 0 Å². The van der Waals surface area contributed by atoms with Gasteiger partial charge in [-0.15, -0.1) is 0 Å². The Labute approximate surface area is 363 Å². The summed E-state index contributed by atoms with van der Waals surface area (Å²) in [6.07, 6.45) is 0. The van der Waals surface area contributed by atoms with Crippen molar-refractivity contribution in [3.8, 4) is 27.9 Å². The molecule has 0 atom stereocenters. The standard InChI is InChI=1S/C60H38N2O/c1-4-21-44-39(15-1)18-11-26-45(44)42-33-35-43(36-34-42)61(54-30-14-31-55-58(54)50-24-7-9-28-53(50)62(55)52-29-13-20-41-17-3-6-23-47(41)52)56-38-37-49(48-27-12-19-40-16-2-5-22-46(40)48)60-59(56)51-25-8-10-32-57(51)63-60/h1-38H. The van der Waals surface area contributed by atoms with Crippen LogP contribution in [0.3, 0.4) is 0 Å². The summed E-state index contributed by atoms with van der Waals surface area (Å²) in [5.74, 6) is 0. The van der Waals surface area contributed by atoms with Crippen molar-refractivity contribution in [1.29, 1.82) is 0 Å². The zero-order chi connectivity index (χ0) is 41.4. The molecule has 3 heteroatoms. The van der Waals surface area contributed by atoms with Crippen LogP contribution in [0.1, 0.15) is 0 Å². The van der Waals surface area contributed by atoms with Crippen LogP contribution in [0.25, 0.3) is 104 Å². The number of para-hydroxylation sites is 2. The summed E-state index contributed by atoms with van der Waals surface area (Å²) >= 11 is 0. The summed E-state index contributed by atoms with van der Waals surface area (Å²) in [6, 6.07) is 83.5. The van der Waals surface area contributed by atoms with E-state index in [1.165, 1.54) is 54.2 Å². The minimum absolute atomic E-state index is 0.860. The fourth-order valence-corrected chi connectivity index (χ4v) is 10.2. The van der Waals surface area contributed by atoms with Gasteiger partial charge >= 0.3 is 0 Å². The number of fused-ring (bicyclic) bond motifs is 9. The second-order valence-electron chi connectivity index (χ2n) is 16.4. The summed E-state index contributed by atoms with van der Waals surface area (Å²) < 4.78 is 9.45. The number of hydrogen-bond donors (Lipinski definition) is 0. The fraction of sp³-hybridized carbons (Fsp3) is 0. The van der Waals surface area contributed by atoms with Crippen LogP contribution in [0.5, 0.6) is 0 Å². The van der Waals surface area contributed by atoms with Crippen LogP contribution in [0.4, 0.5) is 17.1 Å². The summed E-state index contributed by atoms with van der Waals surface area (Å²) in [7, 11) is 0. The Hall–Kier alpha value is -8.40. The highest BCUT2D eigenvalue weighted by molar-refractivity contribution is 6.22. The SMILES string of the molecule is c1ccc2c(-c3ccc(N(c4ccc(-c5cccc6ccccc56)c5oc6ccccc6c45)c4cccc5c4c4ccccc4n5-c4cccc5ccccc45)cc3)cccc2c1. The molecule has 294 valence electrons. The maximum atomic E-state index is 7.00. The first-order valence-corrected chi connectivity index (χ1v) is 21.6. The predicted molar refractivity (Wildman–Crippen MR) is 266 cm³/mol. The van der Waals surface area contributed by atoms with Crippen LogP contribution < -0.4 is 4.90 Å². The molecule has 0 bridgehead atoms. The lowest BCUT2D eigenvalue weighted by Gasteiger charge is -2.28. The van der Waals surface area contributed by atoms with E-state index in [0.29, 0.717) is 0 Å². The number of aromatic nitrogens is 1. The van der Waals surface area contributed by atoms with E-state index in [0.717, 1.165) is 66.8 Å². The largest absolute Gasteiger partial charge is 0.455 e. The van der Waals surface area contributed by atoms with E-state index in [-0.39, 0.29) is 0 Å². The van der Waals surface area contributed by atoms with E-state index in [1.54, 1.807) is 0 Å². The molecule has 0 radical (unpaired) electrons. The smallest absolute Gasteiger partial charge is 0.145 e. The van der Waals surface area contributed by atoms with Crippen LogP contribution >= 0.6 is 0 Å². The third kappa shape index (κ3) is 5.46. The molecule has 11 aromatic carbocycles. The Morgan fingerprint density at radius 3 is 1.63 bits per heavy atom. The van der Waals surface area contributed by atoms with Gasteiger partial charge in [-0.25, -0.2) is 0 Å². The zero-order valence-electron chi connectivity index (χ0n) is 34.2. The third-order valence-corrected chi connectivity index (χ3v) is 13.0. The highest BCUT2D eigenvalue weighted by atomic mass is 16.3. The maximum Gasteiger partial charge on any atom is 0.145 e. The molecule has 0 saturated heterocycles. The zero-order valence-corrected chi connectivity index (χ0v) is 34.2. The Kier molecular flexibility index (Phi) is 7.91. The van der Waals surface area contributed by atoms with Crippen LogP contribution in [0.15, 0.2) is 235 Å². The molecule has 0 aliphatic carbocycles. The maximum absolute atomic E-state index is 7.00. The van der Waals surface area contributed by atoms with Crippen molar-refractivity contribution in [3.63, 3.8) is 0 Å². The van der Waals surface area contributed by atoms with Crippen molar-refractivity contribution in [1.82, 2.24) is 4.57 Å². The second kappa shape index (κ2) is 14.1. The molecule has 2 heterocycles. The number of rotatable bonds is 6. The highest BCUT2D eigenvalue weighted by Crippen LogP contribution is 2.50. The van der Waals surface area contributed by atoms with Gasteiger partial charge in [0.1, 0.15) is 11.2 Å². The van der Waals surface area contributed by atoms with Crippen LogP contribution in [-0.4, -0.2) is 4.57 Å². The Morgan fingerprint density at radius 1 is 0.333 bits per heavy atom. The number of benzene rings is 11. The van der Waals surface area contributed by atoms with E-state index in [2.05, 4.69) is 240 Å². The van der Waals surface area contributed by atoms with E-state index in [4.69, 9.17) is 4.42 Å². The van der Waals surface area contributed by atoms with Crippen LogP contribution in [-0.2, 0) is 0 Å². The van der Waals surface area contributed by atoms with Gasteiger partial charge in [0.05, 0.1) is 33.5 Å². The molecule has 0 amide bonds. The van der Waals surface area contributed by atoms with Crippen molar-refractivity contribution in [3.05, 3.63) is 231 Å². The van der Waals surface area contributed by atoms with Gasteiger partial charge in [-0.1, -0.05) is 176 Å². The van der Waals surface area contributed by atoms with E-state index in [9.17, 15) is 0 Å². The second-order valence-corrected chi connectivity index (χ2v) is 16.4. The number of furan rings is 1. The minimum Gasteiger partial charge on any atom is -0.455 e. The molecule has 0 N–H and O–H groups in total. The van der Waals surface area contributed by atoms with E-state index >= 15 is 0 Å². The van der Waals surface area contributed by atoms with Crippen molar-refractivity contribution in [2.45, 2.75) is 0 Å². The number of hydrogen-bond acceptors (Lipinski definition) is 2. The minimum atomic E-state index is 0.860. The molecule has 13 aromatic rings. The van der Waals surface area contributed by atoms with Crippen LogP contribution in [0, 0.1) is 0 Å². The summed E-state index contributed by atoms with van der Waals surface area (Å²) in [4.78, 5) is 2.46. The number of nitrogens with zero attached hydrogens (tertiary/aromatic N) is 2. The first-order valence-electron chi connectivity index (χ1n) is 21.6. The molecule has 2 aromatic heterocycles. The van der Waals surface area contributed by atoms with Gasteiger partial charge in [-0.3, -0.25) is 0 Å². The lowest BCUT2D eigenvalue weighted by Crippen LogP contribution is -2.11. The van der Waals surface area contributed by atoms with Gasteiger partial charge in [0.2, 0.25) is 0 Å². The van der Waals surface area contributed by atoms with E-state index in [1.807, 2.05) is 0 Å². The van der Waals surface area contributed by atoms with E-state index < -0.39 is 0 Å². The average Bonchev–Trinajstić information content (AvgIpc) is 3.91. The van der Waals surface area contributed by atoms with Gasteiger partial charge < -0.3 is 13.9 Å². The molecule has 0 aliphatic heterocycles. The predicted octanol–water partition coefficient (Wildman–Crippen LogP) is 16.9. The summed E-state index contributed by atoms with van der Waals surface area (Å²) in [5.41, 5.74) is 13.0. The van der Waals surface area contributed by atoms with Crippen molar-refractivity contribution >= 4 is 93.1 Å². The molecule has 0 spiro atoms. The molecular formula is C60H38N2O.